The maximum absolute atomic E-state index is 13.9. The van der Waals surface area contributed by atoms with E-state index in [1.165, 1.54) is 12.1 Å². The van der Waals surface area contributed by atoms with Gasteiger partial charge >= 0.3 is 0 Å². The molecule has 3 aromatic heterocycles. The van der Waals surface area contributed by atoms with Crippen LogP contribution < -0.4 is 10.5 Å². The largest absolute Gasteiger partial charge is 0.482 e. The van der Waals surface area contributed by atoms with Crippen LogP contribution in [0, 0.1) is 5.82 Å². The van der Waals surface area contributed by atoms with Crippen molar-refractivity contribution in [3.05, 3.63) is 82.7 Å². The molecule has 152 valence electrons. The van der Waals surface area contributed by atoms with E-state index in [0.29, 0.717) is 16.3 Å². The molecule has 6 nitrogen and oxygen atoms in total. The molecule has 0 spiro atoms. The highest BCUT2D eigenvalue weighted by molar-refractivity contribution is 6.36. The van der Waals surface area contributed by atoms with Crippen molar-refractivity contribution in [1.29, 1.82) is 0 Å². The van der Waals surface area contributed by atoms with E-state index in [4.69, 9.17) is 33.7 Å². The molecule has 0 aliphatic heterocycles. The topological polar surface area (TPSA) is 78.8 Å². The van der Waals surface area contributed by atoms with Crippen LogP contribution in [-0.4, -0.2) is 19.7 Å². The first-order valence-electron chi connectivity index (χ1n) is 8.95. The van der Waals surface area contributed by atoms with Crippen molar-refractivity contribution in [3.8, 4) is 22.6 Å². The van der Waals surface area contributed by atoms with Gasteiger partial charge in [-0.1, -0.05) is 23.2 Å². The van der Waals surface area contributed by atoms with Crippen molar-refractivity contribution in [2.24, 2.45) is 0 Å². The Morgan fingerprint density at radius 3 is 2.63 bits per heavy atom. The summed E-state index contributed by atoms with van der Waals surface area (Å²) in [5.41, 5.74) is 8.78. The van der Waals surface area contributed by atoms with Crippen molar-refractivity contribution in [1.82, 2.24) is 19.7 Å². The Balaban J connectivity index is 1.63. The number of anilines is 1. The third kappa shape index (κ3) is 3.94. The molecule has 4 rings (SSSR count). The fraction of sp³-hybridized carbons (Fsp3) is 0.0952. The highest BCUT2D eigenvalue weighted by Crippen LogP contribution is 2.36. The van der Waals surface area contributed by atoms with Gasteiger partial charge in [0, 0.05) is 46.5 Å². The number of halogens is 3. The number of hydrogen-bond acceptors (Lipinski definition) is 5. The molecule has 0 aliphatic carbocycles. The molecule has 1 unspecified atom stereocenters. The Bertz CT molecular complexity index is 1200. The molecule has 0 saturated heterocycles. The van der Waals surface area contributed by atoms with Gasteiger partial charge in [-0.15, -0.1) is 0 Å². The lowest BCUT2D eigenvalue weighted by molar-refractivity contribution is 0.227. The van der Waals surface area contributed by atoms with Crippen LogP contribution in [0.2, 0.25) is 10.0 Å². The summed E-state index contributed by atoms with van der Waals surface area (Å²) in [6, 6.07) is 8.08. The summed E-state index contributed by atoms with van der Waals surface area (Å²) in [5.74, 6) is -0.0567. The van der Waals surface area contributed by atoms with Gasteiger partial charge in [0.05, 0.1) is 16.9 Å². The van der Waals surface area contributed by atoms with Gasteiger partial charge in [-0.3, -0.25) is 4.98 Å². The van der Waals surface area contributed by atoms with Crippen molar-refractivity contribution in [2.45, 2.75) is 13.0 Å². The van der Waals surface area contributed by atoms with E-state index >= 15 is 0 Å². The SMILES string of the molecule is CC(Oc1cc(-c2cnn(-c3ccncc3)c2)cnc1N)c1c(Cl)ccc(F)c1Cl. The van der Waals surface area contributed by atoms with Crippen molar-refractivity contribution >= 4 is 29.0 Å². The molecule has 30 heavy (non-hydrogen) atoms. The van der Waals surface area contributed by atoms with Gasteiger partial charge in [0.25, 0.3) is 0 Å². The zero-order valence-corrected chi connectivity index (χ0v) is 17.3. The number of pyridine rings is 2. The van der Waals surface area contributed by atoms with E-state index in [1.807, 2.05) is 18.3 Å². The molecular formula is C21H16Cl2FN5O. The Kier molecular flexibility index (Phi) is 5.57. The van der Waals surface area contributed by atoms with E-state index in [-0.39, 0.29) is 10.8 Å². The molecule has 9 heteroatoms. The molecule has 4 aromatic rings. The minimum atomic E-state index is -0.653. The number of nitrogen functional groups attached to an aromatic ring is 1. The van der Waals surface area contributed by atoms with Crippen molar-refractivity contribution < 1.29 is 9.13 Å². The molecule has 3 heterocycles. The first-order valence-corrected chi connectivity index (χ1v) is 9.70. The number of aromatic nitrogens is 4. The first kappa shape index (κ1) is 20.1. The third-order valence-electron chi connectivity index (χ3n) is 4.51. The normalized spacial score (nSPS) is 12.0. The second-order valence-electron chi connectivity index (χ2n) is 6.50. The van der Waals surface area contributed by atoms with Gasteiger partial charge in [-0.05, 0) is 37.3 Å². The maximum Gasteiger partial charge on any atom is 0.166 e. The summed E-state index contributed by atoms with van der Waals surface area (Å²) in [7, 11) is 0. The highest BCUT2D eigenvalue weighted by atomic mass is 35.5. The summed E-state index contributed by atoms with van der Waals surface area (Å²) in [5, 5.41) is 4.58. The Labute approximate surface area is 182 Å². The average Bonchev–Trinajstić information content (AvgIpc) is 3.24. The standard InChI is InChI=1S/C21H16Cl2FN5O/c1-12(19-16(22)2-3-17(24)20(19)23)30-18-8-13(9-27-21(18)25)14-10-28-29(11-14)15-4-6-26-7-5-15/h2-12H,1H3,(H2,25,27). The molecule has 0 amide bonds. The van der Waals surface area contributed by atoms with Crippen LogP contribution in [0.15, 0.2) is 61.3 Å². The lowest BCUT2D eigenvalue weighted by Gasteiger charge is -2.19. The third-order valence-corrected chi connectivity index (χ3v) is 5.23. The predicted octanol–water partition coefficient (Wildman–Crippen LogP) is 5.50. The average molecular weight is 444 g/mol. The lowest BCUT2D eigenvalue weighted by Crippen LogP contribution is -2.08. The molecule has 0 bridgehead atoms. The minimum absolute atomic E-state index is 0.0867. The van der Waals surface area contributed by atoms with E-state index in [9.17, 15) is 4.39 Å². The van der Waals surface area contributed by atoms with Crippen LogP contribution in [0.3, 0.4) is 0 Å². The van der Waals surface area contributed by atoms with Gasteiger partial charge in [0.1, 0.15) is 11.9 Å². The van der Waals surface area contributed by atoms with Gasteiger partial charge in [0.2, 0.25) is 0 Å². The summed E-state index contributed by atoms with van der Waals surface area (Å²) in [4.78, 5) is 8.22. The molecule has 0 radical (unpaired) electrons. The number of benzene rings is 1. The van der Waals surface area contributed by atoms with Crippen molar-refractivity contribution in [2.75, 3.05) is 5.73 Å². The fourth-order valence-electron chi connectivity index (χ4n) is 2.98. The fourth-order valence-corrected chi connectivity index (χ4v) is 3.66. The lowest BCUT2D eigenvalue weighted by atomic mass is 10.1. The summed E-state index contributed by atoms with van der Waals surface area (Å²) in [6.45, 7) is 1.71. The molecule has 0 fully saturated rings. The number of ether oxygens (including phenoxy) is 1. The number of nitrogens with two attached hydrogens (primary N) is 1. The van der Waals surface area contributed by atoms with Crippen molar-refractivity contribution in [3.63, 3.8) is 0 Å². The summed E-state index contributed by atoms with van der Waals surface area (Å²) >= 11 is 12.3. The highest BCUT2D eigenvalue weighted by Gasteiger charge is 2.20. The van der Waals surface area contributed by atoms with Crippen LogP contribution in [0.1, 0.15) is 18.6 Å². The second-order valence-corrected chi connectivity index (χ2v) is 7.29. The summed E-state index contributed by atoms with van der Waals surface area (Å²) in [6.07, 6.45) is 7.93. The van der Waals surface area contributed by atoms with Gasteiger partial charge in [0.15, 0.2) is 11.6 Å². The Morgan fingerprint density at radius 2 is 1.87 bits per heavy atom. The maximum atomic E-state index is 13.9. The Morgan fingerprint density at radius 1 is 1.10 bits per heavy atom. The molecule has 0 aliphatic rings. The molecule has 0 saturated carbocycles. The number of hydrogen-bond donors (Lipinski definition) is 1. The molecular weight excluding hydrogens is 428 g/mol. The van der Waals surface area contributed by atoms with Crippen LogP contribution >= 0.6 is 23.2 Å². The van der Waals surface area contributed by atoms with Gasteiger partial charge < -0.3 is 10.5 Å². The van der Waals surface area contributed by atoms with E-state index in [0.717, 1.165) is 16.8 Å². The van der Waals surface area contributed by atoms with Crippen LogP contribution in [0.4, 0.5) is 10.2 Å². The van der Waals surface area contributed by atoms with E-state index < -0.39 is 11.9 Å². The van der Waals surface area contributed by atoms with Crippen LogP contribution in [0.5, 0.6) is 5.75 Å². The zero-order valence-electron chi connectivity index (χ0n) is 15.8. The van der Waals surface area contributed by atoms with E-state index in [1.54, 1.807) is 42.5 Å². The van der Waals surface area contributed by atoms with Gasteiger partial charge in [-0.2, -0.15) is 5.10 Å². The zero-order chi connectivity index (χ0) is 21.3. The molecule has 1 atom stereocenters. The predicted molar refractivity (Wildman–Crippen MR) is 114 cm³/mol. The quantitative estimate of drug-likeness (QED) is 0.412. The monoisotopic (exact) mass is 443 g/mol. The molecule has 2 N–H and O–H groups in total. The first-order chi connectivity index (χ1) is 14.4. The van der Waals surface area contributed by atoms with Gasteiger partial charge in [-0.25, -0.2) is 14.1 Å². The number of rotatable bonds is 5. The second kappa shape index (κ2) is 8.30. The number of nitrogens with zero attached hydrogens (tertiary/aromatic N) is 4. The van der Waals surface area contributed by atoms with Crippen LogP contribution in [0.25, 0.3) is 16.8 Å². The van der Waals surface area contributed by atoms with E-state index in [2.05, 4.69) is 15.1 Å². The molecule has 1 aromatic carbocycles. The Hall–Kier alpha value is -3.16. The summed E-state index contributed by atoms with van der Waals surface area (Å²) < 4.78 is 21.5. The minimum Gasteiger partial charge on any atom is -0.482 e. The van der Waals surface area contributed by atoms with Crippen LogP contribution in [-0.2, 0) is 0 Å². The smallest absolute Gasteiger partial charge is 0.166 e.